The number of rotatable bonds is 3. The Kier molecular flexibility index (Phi) is 4.21. The van der Waals surface area contributed by atoms with Crippen molar-refractivity contribution in [3.05, 3.63) is 11.6 Å². The Bertz CT molecular complexity index is 276. The van der Waals surface area contributed by atoms with Crippen molar-refractivity contribution in [2.45, 2.75) is 13.3 Å². The van der Waals surface area contributed by atoms with Gasteiger partial charge < -0.3 is 5.32 Å². The van der Waals surface area contributed by atoms with Gasteiger partial charge in [0.05, 0.1) is 13.1 Å². The second-order valence-electron chi connectivity index (χ2n) is 3.53. The predicted octanol–water partition coefficient (Wildman–Crippen LogP) is 0.388. The van der Waals surface area contributed by atoms with Crippen LogP contribution in [0.4, 0.5) is 0 Å². The lowest BCUT2D eigenvalue weighted by Gasteiger charge is -2.24. The van der Waals surface area contributed by atoms with Gasteiger partial charge in [0.25, 0.3) is 0 Å². The van der Waals surface area contributed by atoms with Crippen molar-refractivity contribution in [3.8, 4) is 12.3 Å². The van der Waals surface area contributed by atoms with E-state index >= 15 is 0 Å². The molecule has 3 heteroatoms. The van der Waals surface area contributed by atoms with E-state index in [4.69, 9.17) is 6.42 Å². The smallest absolute Gasteiger partial charge is 0.234 e. The molecule has 0 saturated carbocycles. The number of terminal acetylenes is 1. The quantitative estimate of drug-likeness (QED) is 0.518. The number of amides is 1. The van der Waals surface area contributed by atoms with Crippen LogP contribution < -0.4 is 5.32 Å². The Hall–Kier alpha value is -1.27. The normalized spacial score (nSPS) is 17.0. The maximum absolute atomic E-state index is 11.3. The van der Waals surface area contributed by atoms with Crippen LogP contribution in [0.1, 0.15) is 13.3 Å². The van der Waals surface area contributed by atoms with Crippen LogP contribution in [-0.2, 0) is 4.79 Å². The molecule has 0 spiro atoms. The first kappa shape index (κ1) is 10.8. The lowest BCUT2D eigenvalue weighted by atomic mass is 10.1. The van der Waals surface area contributed by atoms with E-state index in [9.17, 15) is 4.79 Å². The third-order valence-corrected chi connectivity index (χ3v) is 2.17. The number of hydrogen-bond acceptors (Lipinski definition) is 2. The summed E-state index contributed by atoms with van der Waals surface area (Å²) >= 11 is 0. The number of hydrogen-bond donors (Lipinski definition) is 1. The molecule has 0 atom stereocenters. The molecule has 1 rings (SSSR count). The van der Waals surface area contributed by atoms with Crippen molar-refractivity contribution in [1.82, 2.24) is 10.2 Å². The molecule has 76 valence electrons. The highest BCUT2D eigenvalue weighted by atomic mass is 16.2. The Balaban J connectivity index is 2.28. The third kappa shape index (κ3) is 3.63. The minimum Gasteiger partial charge on any atom is -0.344 e. The molecular formula is C11H16N2O. The van der Waals surface area contributed by atoms with Crippen molar-refractivity contribution in [2.75, 3.05) is 26.2 Å². The Morgan fingerprint density at radius 3 is 3.21 bits per heavy atom. The summed E-state index contributed by atoms with van der Waals surface area (Å²) in [7, 11) is 0. The average Bonchev–Trinajstić information content (AvgIpc) is 2.15. The first-order valence-electron chi connectivity index (χ1n) is 4.80. The van der Waals surface area contributed by atoms with Crippen LogP contribution in [0.5, 0.6) is 0 Å². The Morgan fingerprint density at radius 1 is 1.79 bits per heavy atom. The number of nitrogens with one attached hydrogen (secondary N) is 1. The van der Waals surface area contributed by atoms with Crippen LogP contribution in [-0.4, -0.2) is 37.0 Å². The van der Waals surface area contributed by atoms with Crippen molar-refractivity contribution >= 4 is 5.91 Å². The number of carbonyl (C=O) groups excluding carboxylic acids is 1. The Labute approximate surface area is 85.2 Å². The molecule has 0 aromatic carbocycles. The monoisotopic (exact) mass is 192 g/mol. The zero-order valence-electron chi connectivity index (χ0n) is 8.55. The minimum absolute atomic E-state index is 0.0117. The molecule has 0 bridgehead atoms. The van der Waals surface area contributed by atoms with E-state index in [0.29, 0.717) is 13.1 Å². The topological polar surface area (TPSA) is 32.3 Å². The zero-order chi connectivity index (χ0) is 10.4. The lowest BCUT2D eigenvalue weighted by Crippen LogP contribution is -2.39. The fourth-order valence-corrected chi connectivity index (χ4v) is 1.53. The molecule has 1 heterocycles. The molecule has 0 aromatic rings. The van der Waals surface area contributed by atoms with Crippen LogP contribution in [0.15, 0.2) is 11.6 Å². The minimum atomic E-state index is 0.0117. The highest BCUT2D eigenvalue weighted by molar-refractivity contribution is 5.78. The van der Waals surface area contributed by atoms with Gasteiger partial charge in [-0.3, -0.25) is 9.69 Å². The van der Waals surface area contributed by atoms with Gasteiger partial charge in [-0.1, -0.05) is 17.6 Å². The van der Waals surface area contributed by atoms with Gasteiger partial charge in [-0.15, -0.1) is 6.42 Å². The van der Waals surface area contributed by atoms with E-state index in [0.717, 1.165) is 19.5 Å². The highest BCUT2D eigenvalue weighted by Gasteiger charge is 2.12. The van der Waals surface area contributed by atoms with Gasteiger partial charge in [0.2, 0.25) is 5.91 Å². The summed E-state index contributed by atoms with van der Waals surface area (Å²) in [5.41, 5.74) is 1.33. The van der Waals surface area contributed by atoms with Gasteiger partial charge in [0, 0.05) is 13.1 Å². The van der Waals surface area contributed by atoms with E-state index in [1.54, 1.807) is 0 Å². The lowest BCUT2D eigenvalue weighted by molar-refractivity contribution is -0.121. The summed E-state index contributed by atoms with van der Waals surface area (Å²) in [6.07, 6.45) is 8.30. The van der Waals surface area contributed by atoms with E-state index < -0.39 is 0 Å². The third-order valence-electron chi connectivity index (χ3n) is 2.17. The summed E-state index contributed by atoms with van der Waals surface area (Å²) in [4.78, 5) is 13.4. The molecule has 1 aliphatic rings. The van der Waals surface area contributed by atoms with E-state index in [2.05, 4.69) is 29.1 Å². The van der Waals surface area contributed by atoms with Crippen LogP contribution in [0.25, 0.3) is 0 Å². The second kappa shape index (κ2) is 5.46. The van der Waals surface area contributed by atoms with Crippen molar-refractivity contribution in [2.24, 2.45) is 0 Å². The fraction of sp³-hybridized carbons (Fsp3) is 0.545. The van der Waals surface area contributed by atoms with Crippen molar-refractivity contribution < 1.29 is 4.79 Å². The van der Waals surface area contributed by atoms with Gasteiger partial charge in [0.15, 0.2) is 0 Å². The van der Waals surface area contributed by atoms with Gasteiger partial charge >= 0.3 is 0 Å². The predicted molar refractivity (Wildman–Crippen MR) is 56.7 cm³/mol. The molecule has 0 radical (unpaired) electrons. The maximum Gasteiger partial charge on any atom is 0.234 e. The SMILES string of the molecule is C#CCNC(=O)CN1CCC=C(C)C1. The molecule has 0 aromatic heterocycles. The fourth-order valence-electron chi connectivity index (χ4n) is 1.53. The molecule has 1 amide bonds. The molecule has 0 aliphatic carbocycles. The van der Waals surface area contributed by atoms with Gasteiger partial charge in [-0.05, 0) is 13.3 Å². The van der Waals surface area contributed by atoms with Gasteiger partial charge in [-0.25, -0.2) is 0 Å². The van der Waals surface area contributed by atoms with E-state index in [1.165, 1.54) is 5.57 Å². The zero-order valence-corrected chi connectivity index (χ0v) is 8.55. The van der Waals surface area contributed by atoms with Gasteiger partial charge in [0.1, 0.15) is 0 Å². The van der Waals surface area contributed by atoms with E-state index in [-0.39, 0.29) is 5.91 Å². The first-order chi connectivity index (χ1) is 6.72. The summed E-state index contributed by atoms with van der Waals surface area (Å²) in [5.74, 6) is 2.39. The molecule has 0 unspecified atom stereocenters. The van der Waals surface area contributed by atoms with E-state index in [1.807, 2.05) is 0 Å². The molecular weight excluding hydrogens is 176 g/mol. The standard InChI is InChI=1S/C11H16N2O/c1-3-6-12-11(14)9-13-7-4-5-10(2)8-13/h1,5H,4,6-9H2,2H3,(H,12,14). The van der Waals surface area contributed by atoms with Crippen LogP contribution in [0.2, 0.25) is 0 Å². The van der Waals surface area contributed by atoms with Crippen molar-refractivity contribution in [1.29, 1.82) is 0 Å². The highest BCUT2D eigenvalue weighted by Crippen LogP contribution is 2.07. The van der Waals surface area contributed by atoms with Crippen molar-refractivity contribution in [3.63, 3.8) is 0 Å². The molecule has 1 aliphatic heterocycles. The Morgan fingerprint density at radius 2 is 2.57 bits per heavy atom. The number of carbonyl (C=O) groups is 1. The molecule has 14 heavy (non-hydrogen) atoms. The maximum atomic E-state index is 11.3. The van der Waals surface area contributed by atoms with Crippen LogP contribution in [0, 0.1) is 12.3 Å². The molecule has 3 nitrogen and oxygen atoms in total. The summed E-state index contributed by atoms with van der Waals surface area (Å²) in [6, 6.07) is 0. The first-order valence-corrected chi connectivity index (χ1v) is 4.80. The molecule has 0 fully saturated rings. The summed E-state index contributed by atoms with van der Waals surface area (Å²) in [6.45, 7) is 4.71. The summed E-state index contributed by atoms with van der Waals surface area (Å²) in [5, 5.41) is 2.66. The molecule has 0 saturated heterocycles. The molecule has 1 N–H and O–H groups in total. The average molecular weight is 192 g/mol. The largest absolute Gasteiger partial charge is 0.344 e. The van der Waals surface area contributed by atoms with Crippen LogP contribution >= 0.6 is 0 Å². The van der Waals surface area contributed by atoms with Crippen LogP contribution in [0.3, 0.4) is 0 Å². The summed E-state index contributed by atoms with van der Waals surface area (Å²) < 4.78 is 0. The second-order valence-corrected chi connectivity index (χ2v) is 3.53. The van der Waals surface area contributed by atoms with Gasteiger partial charge in [-0.2, -0.15) is 0 Å². The number of nitrogens with zero attached hydrogens (tertiary/aromatic N) is 1.